The van der Waals surface area contributed by atoms with Gasteiger partial charge in [0.2, 0.25) is 15.5 Å². The Morgan fingerprint density at radius 1 is 1.25 bits per heavy atom. The van der Waals surface area contributed by atoms with Gasteiger partial charge in [0.05, 0.1) is 35.5 Å². The number of hydrogen-bond donors (Lipinski definition) is 1. The van der Waals surface area contributed by atoms with Crippen molar-refractivity contribution in [3.63, 3.8) is 0 Å². The number of sulfone groups is 1. The van der Waals surface area contributed by atoms with Gasteiger partial charge >= 0.3 is 5.97 Å². The fourth-order valence-corrected chi connectivity index (χ4v) is 4.78. The third-order valence-electron chi connectivity index (χ3n) is 3.40. The van der Waals surface area contributed by atoms with Crippen LogP contribution in [0.4, 0.5) is 18.9 Å². The zero-order valence-corrected chi connectivity index (χ0v) is 17.1. The van der Waals surface area contributed by atoms with E-state index in [0.717, 1.165) is 12.1 Å². The topological polar surface area (TPSA) is 107 Å². The minimum atomic E-state index is -4.36. The molecule has 1 rings (SSSR count). The Balaban J connectivity index is 2.93. The predicted octanol–water partition coefficient (Wildman–Crippen LogP) is 2.86. The third kappa shape index (κ3) is 6.82. The van der Waals surface area contributed by atoms with Crippen LogP contribution >= 0.6 is 11.6 Å². The van der Waals surface area contributed by atoms with Crippen molar-refractivity contribution in [2.75, 3.05) is 29.5 Å². The average Bonchev–Trinajstić information content (AvgIpc) is 2.60. The van der Waals surface area contributed by atoms with Gasteiger partial charge < -0.3 is 4.74 Å². The molecular formula is C15H19ClF3NO6S2. The number of alkyl halides is 2. The highest BCUT2D eigenvalue weighted by atomic mass is 35.5. The maximum atomic E-state index is 14.4. The Bertz CT molecular complexity index is 909. The summed E-state index contributed by atoms with van der Waals surface area (Å²) in [6.45, 7) is 0.453. The third-order valence-corrected chi connectivity index (χ3v) is 6.89. The largest absolute Gasteiger partial charge is 0.462 e. The Morgan fingerprint density at radius 2 is 1.89 bits per heavy atom. The first-order valence-corrected chi connectivity index (χ1v) is 11.8. The number of halogens is 4. The van der Waals surface area contributed by atoms with E-state index in [4.69, 9.17) is 11.6 Å². The van der Waals surface area contributed by atoms with Gasteiger partial charge in [-0.1, -0.05) is 11.6 Å². The van der Waals surface area contributed by atoms with Crippen LogP contribution in [0, 0.1) is 5.82 Å². The van der Waals surface area contributed by atoms with Gasteiger partial charge in [-0.25, -0.2) is 30.4 Å². The molecule has 0 amide bonds. The van der Waals surface area contributed by atoms with Gasteiger partial charge in [0, 0.05) is 6.42 Å². The molecule has 0 bridgehead atoms. The van der Waals surface area contributed by atoms with Crippen LogP contribution in [0.5, 0.6) is 0 Å². The van der Waals surface area contributed by atoms with E-state index >= 15 is 0 Å². The molecule has 0 aromatic heterocycles. The lowest BCUT2D eigenvalue weighted by atomic mass is 10.2. The van der Waals surface area contributed by atoms with E-state index in [-0.39, 0.29) is 11.6 Å². The summed E-state index contributed by atoms with van der Waals surface area (Å²) in [5.74, 6) is -4.14. The molecule has 0 spiro atoms. The monoisotopic (exact) mass is 465 g/mol. The Labute approximate surface area is 166 Å². The van der Waals surface area contributed by atoms with E-state index in [1.165, 1.54) is 6.92 Å². The first-order chi connectivity index (χ1) is 12.9. The minimum Gasteiger partial charge on any atom is -0.462 e. The first-order valence-electron chi connectivity index (χ1n) is 8.02. The van der Waals surface area contributed by atoms with Crippen molar-refractivity contribution in [2.45, 2.75) is 25.3 Å². The number of rotatable bonds is 11. The molecule has 1 aromatic carbocycles. The lowest BCUT2D eigenvalue weighted by Crippen LogP contribution is -2.26. The molecule has 0 fully saturated rings. The van der Waals surface area contributed by atoms with E-state index in [9.17, 15) is 34.8 Å². The summed E-state index contributed by atoms with van der Waals surface area (Å²) in [7, 11) is -8.67. The lowest BCUT2D eigenvalue weighted by molar-refractivity contribution is 0.0521. The van der Waals surface area contributed by atoms with Crippen molar-refractivity contribution in [3.05, 3.63) is 28.5 Å². The van der Waals surface area contributed by atoms with E-state index in [2.05, 4.69) is 4.74 Å². The second-order valence-corrected chi connectivity index (χ2v) is 10.0. The fourth-order valence-electron chi connectivity index (χ4n) is 2.05. The number of anilines is 1. The van der Waals surface area contributed by atoms with Gasteiger partial charge in [-0.2, -0.15) is 0 Å². The summed E-state index contributed by atoms with van der Waals surface area (Å²) in [4.78, 5) is 11.7. The van der Waals surface area contributed by atoms with Crippen LogP contribution in [0.2, 0.25) is 5.02 Å². The molecule has 1 aromatic rings. The number of ether oxygens (including phenoxy) is 1. The van der Waals surface area contributed by atoms with Crippen LogP contribution in [0.15, 0.2) is 12.1 Å². The molecule has 7 nitrogen and oxygen atoms in total. The van der Waals surface area contributed by atoms with E-state index in [1.807, 2.05) is 4.72 Å². The zero-order chi connectivity index (χ0) is 21.5. The summed E-state index contributed by atoms with van der Waals surface area (Å²) in [6, 6.07) is 2.01. The van der Waals surface area contributed by atoms with Crippen LogP contribution in [-0.4, -0.2) is 53.1 Å². The molecule has 0 aliphatic heterocycles. The fraction of sp³-hybridized carbons (Fsp3) is 0.533. The van der Waals surface area contributed by atoms with Gasteiger partial charge in [-0.3, -0.25) is 9.11 Å². The van der Waals surface area contributed by atoms with Crippen LogP contribution in [0.3, 0.4) is 0 Å². The SMILES string of the molecule is CCOC(=O)c1c(Cl)ccc(NS(=O)(=O)CCC(F)S(=O)(=O)CCCF)c1F. The predicted molar refractivity (Wildman–Crippen MR) is 98.7 cm³/mol. The second-order valence-electron chi connectivity index (χ2n) is 5.53. The molecule has 0 heterocycles. The number of carbonyl (C=O) groups excluding carboxylic acids is 1. The van der Waals surface area contributed by atoms with Crippen molar-refractivity contribution in [1.29, 1.82) is 0 Å². The molecule has 1 N–H and O–H groups in total. The summed E-state index contributed by atoms with van der Waals surface area (Å²) in [5.41, 5.74) is -3.83. The molecule has 1 unspecified atom stereocenters. The lowest BCUT2D eigenvalue weighted by Gasteiger charge is -2.13. The van der Waals surface area contributed by atoms with Crippen LogP contribution < -0.4 is 4.72 Å². The summed E-state index contributed by atoms with van der Waals surface area (Å²) in [6.07, 6.45) is -1.33. The van der Waals surface area contributed by atoms with E-state index < -0.39 is 79.4 Å². The smallest absolute Gasteiger partial charge is 0.342 e. The first kappa shape index (κ1) is 24.5. The standard InChI is InChI=1S/C15H19ClF3NO6S2/c1-2-26-15(21)13-10(16)4-5-11(14(13)19)20-28(24,25)9-6-12(18)27(22,23)8-3-7-17/h4-5,12,20H,2-3,6-9H2,1H3. The molecule has 160 valence electrons. The maximum absolute atomic E-state index is 14.4. The summed E-state index contributed by atoms with van der Waals surface area (Å²) in [5, 5.41) is -0.304. The molecule has 13 heteroatoms. The number of carbonyl (C=O) groups is 1. The quantitative estimate of drug-likeness (QED) is 0.504. The molecule has 0 aliphatic carbocycles. The van der Waals surface area contributed by atoms with Gasteiger partial charge in [-0.05, 0) is 25.5 Å². The summed E-state index contributed by atoms with van der Waals surface area (Å²) >= 11 is 5.74. The van der Waals surface area contributed by atoms with Gasteiger partial charge in [0.1, 0.15) is 5.56 Å². The molecular weight excluding hydrogens is 447 g/mol. The second kappa shape index (κ2) is 10.3. The molecule has 0 aliphatic rings. The Morgan fingerprint density at radius 3 is 2.46 bits per heavy atom. The van der Waals surface area contributed by atoms with Crippen molar-refractivity contribution < 1.29 is 39.5 Å². The van der Waals surface area contributed by atoms with E-state index in [0.29, 0.717) is 0 Å². The minimum absolute atomic E-state index is 0.0701. The van der Waals surface area contributed by atoms with Crippen molar-refractivity contribution >= 4 is 43.1 Å². The highest BCUT2D eigenvalue weighted by Crippen LogP contribution is 2.27. The van der Waals surface area contributed by atoms with Crippen LogP contribution in [-0.2, 0) is 24.6 Å². The average molecular weight is 466 g/mol. The molecule has 28 heavy (non-hydrogen) atoms. The number of hydrogen-bond acceptors (Lipinski definition) is 6. The molecule has 0 saturated carbocycles. The van der Waals surface area contributed by atoms with E-state index in [1.54, 1.807) is 0 Å². The van der Waals surface area contributed by atoms with Gasteiger partial charge in [-0.15, -0.1) is 0 Å². The van der Waals surface area contributed by atoms with Crippen LogP contribution in [0.25, 0.3) is 0 Å². The number of esters is 1. The molecule has 0 saturated heterocycles. The number of sulfonamides is 1. The highest BCUT2D eigenvalue weighted by Gasteiger charge is 2.28. The van der Waals surface area contributed by atoms with Gasteiger partial charge in [0.25, 0.3) is 0 Å². The van der Waals surface area contributed by atoms with Crippen LogP contribution in [0.1, 0.15) is 30.1 Å². The Kier molecular flexibility index (Phi) is 9.02. The number of nitrogens with one attached hydrogen (secondary N) is 1. The zero-order valence-electron chi connectivity index (χ0n) is 14.8. The molecule has 0 radical (unpaired) electrons. The Hall–Kier alpha value is -1.53. The maximum Gasteiger partial charge on any atom is 0.342 e. The van der Waals surface area contributed by atoms with Gasteiger partial charge in [0.15, 0.2) is 15.7 Å². The normalized spacial score (nSPS) is 13.2. The van der Waals surface area contributed by atoms with Crippen molar-refractivity contribution in [2.24, 2.45) is 0 Å². The highest BCUT2D eigenvalue weighted by molar-refractivity contribution is 7.93. The van der Waals surface area contributed by atoms with Crippen molar-refractivity contribution in [3.8, 4) is 0 Å². The molecule has 1 atom stereocenters. The number of benzene rings is 1. The summed E-state index contributed by atoms with van der Waals surface area (Å²) < 4.78 is 93.9. The van der Waals surface area contributed by atoms with Crippen molar-refractivity contribution in [1.82, 2.24) is 0 Å².